The summed E-state index contributed by atoms with van der Waals surface area (Å²) >= 11 is 3.35. The normalized spacial score (nSPS) is 26.4. The highest BCUT2D eigenvalue weighted by Gasteiger charge is 2.29. The van der Waals surface area contributed by atoms with Crippen LogP contribution in [0.4, 0.5) is 5.82 Å². The van der Waals surface area contributed by atoms with Crippen LogP contribution in [-0.2, 0) is 4.74 Å². The van der Waals surface area contributed by atoms with Crippen LogP contribution in [0.2, 0.25) is 0 Å². The minimum atomic E-state index is 0.0355. The number of nitrogens with zero attached hydrogens (tertiary/aromatic N) is 1. The highest BCUT2D eigenvalue weighted by molar-refractivity contribution is 9.10. The van der Waals surface area contributed by atoms with E-state index in [0.717, 1.165) is 30.1 Å². The Labute approximate surface area is 92.0 Å². The van der Waals surface area contributed by atoms with Gasteiger partial charge in [-0.3, -0.25) is 0 Å². The molecule has 2 heterocycles. The van der Waals surface area contributed by atoms with E-state index in [0.29, 0.717) is 0 Å². The molecule has 0 amide bonds. The summed E-state index contributed by atoms with van der Waals surface area (Å²) in [5, 5.41) is 3.39. The molecule has 1 aliphatic heterocycles. The average molecular weight is 257 g/mol. The summed E-state index contributed by atoms with van der Waals surface area (Å²) in [4.78, 5) is 4.33. The molecule has 1 N–H and O–H groups in total. The standard InChI is InChI=1S/C10H13BrN2O/c1-10(5-6-14-7-10)13-9-4-2-3-8(11)12-9/h2-4H,5-7H2,1H3,(H,12,13). The fraction of sp³-hybridized carbons (Fsp3) is 0.500. The van der Waals surface area contributed by atoms with Crippen molar-refractivity contribution in [3.8, 4) is 0 Å². The number of halogens is 1. The van der Waals surface area contributed by atoms with E-state index < -0.39 is 0 Å². The molecule has 0 spiro atoms. The predicted molar refractivity (Wildman–Crippen MR) is 59.4 cm³/mol. The third-order valence-electron chi connectivity index (χ3n) is 2.36. The fourth-order valence-corrected chi connectivity index (χ4v) is 1.90. The van der Waals surface area contributed by atoms with Gasteiger partial charge < -0.3 is 10.1 Å². The van der Waals surface area contributed by atoms with E-state index >= 15 is 0 Å². The lowest BCUT2D eigenvalue weighted by Crippen LogP contribution is -2.35. The van der Waals surface area contributed by atoms with Crippen LogP contribution in [0.1, 0.15) is 13.3 Å². The smallest absolute Gasteiger partial charge is 0.127 e. The molecule has 0 bridgehead atoms. The number of aromatic nitrogens is 1. The predicted octanol–water partition coefficient (Wildman–Crippen LogP) is 2.44. The molecular formula is C10H13BrN2O. The van der Waals surface area contributed by atoms with Crippen LogP contribution in [0.25, 0.3) is 0 Å². The Morgan fingerprint density at radius 2 is 2.43 bits per heavy atom. The monoisotopic (exact) mass is 256 g/mol. The number of anilines is 1. The van der Waals surface area contributed by atoms with E-state index in [-0.39, 0.29) is 5.54 Å². The first-order chi connectivity index (χ1) is 6.68. The zero-order chi connectivity index (χ0) is 10.0. The van der Waals surface area contributed by atoms with Crippen molar-refractivity contribution in [3.05, 3.63) is 22.8 Å². The average Bonchev–Trinajstić information content (AvgIpc) is 2.51. The number of hydrogen-bond donors (Lipinski definition) is 1. The second kappa shape index (κ2) is 3.87. The van der Waals surface area contributed by atoms with Crippen molar-refractivity contribution in [1.29, 1.82) is 0 Å². The molecule has 3 nitrogen and oxygen atoms in total. The van der Waals surface area contributed by atoms with Crippen molar-refractivity contribution in [2.45, 2.75) is 18.9 Å². The first-order valence-corrected chi connectivity index (χ1v) is 5.46. The van der Waals surface area contributed by atoms with Gasteiger partial charge in [-0.25, -0.2) is 4.98 Å². The van der Waals surface area contributed by atoms with E-state index in [2.05, 4.69) is 33.2 Å². The van der Waals surface area contributed by atoms with E-state index in [4.69, 9.17) is 4.74 Å². The molecule has 0 aromatic carbocycles. The summed E-state index contributed by atoms with van der Waals surface area (Å²) in [5.41, 5.74) is 0.0355. The van der Waals surface area contributed by atoms with Gasteiger partial charge >= 0.3 is 0 Å². The molecule has 0 radical (unpaired) electrons. The Morgan fingerprint density at radius 1 is 1.57 bits per heavy atom. The van der Waals surface area contributed by atoms with Gasteiger partial charge in [-0.2, -0.15) is 0 Å². The summed E-state index contributed by atoms with van der Waals surface area (Å²) in [6.07, 6.45) is 1.03. The van der Waals surface area contributed by atoms with Crippen molar-refractivity contribution < 1.29 is 4.74 Å². The number of rotatable bonds is 2. The number of ether oxygens (including phenoxy) is 1. The topological polar surface area (TPSA) is 34.2 Å². The van der Waals surface area contributed by atoms with Crippen LogP contribution in [0.15, 0.2) is 22.8 Å². The minimum absolute atomic E-state index is 0.0355. The quantitative estimate of drug-likeness (QED) is 0.826. The van der Waals surface area contributed by atoms with Crippen molar-refractivity contribution >= 4 is 21.7 Å². The Morgan fingerprint density at radius 3 is 3.07 bits per heavy atom. The molecule has 2 rings (SSSR count). The molecule has 1 aliphatic rings. The van der Waals surface area contributed by atoms with Gasteiger partial charge in [0.25, 0.3) is 0 Å². The Balaban J connectivity index is 2.10. The molecule has 0 aliphatic carbocycles. The van der Waals surface area contributed by atoms with Gasteiger partial charge in [-0.1, -0.05) is 6.07 Å². The molecule has 1 atom stereocenters. The van der Waals surface area contributed by atoms with Crippen LogP contribution < -0.4 is 5.32 Å². The van der Waals surface area contributed by atoms with E-state index in [1.165, 1.54) is 0 Å². The van der Waals surface area contributed by atoms with Crippen molar-refractivity contribution in [2.24, 2.45) is 0 Å². The number of pyridine rings is 1. The lowest BCUT2D eigenvalue weighted by molar-refractivity contribution is 0.185. The van der Waals surface area contributed by atoms with Crippen molar-refractivity contribution in [1.82, 2.24) is 4.98 Å². The fourth-order valence-electron chi connectivity index (χ4n) is 1.55. The van der Waals surface area contributed by atoms with E-state index in [1.54, 1.807) is 0 Å². The van der Waals surface area contributed by atoms with Gasteiger partial charge in [-0.15, -0.1) is 0 Å². The lowest BCUT2D eigenvalue weighted by Gasteiger charge is -2.24. The van der Waals surface area contributed by atoms with Gasteiger partial charge in [0.1, 0.15) is 10.4 Å². The molecule has 76 valence electrons. The number of hydrogen-bond acceptors (Lipinski definition) is 3. The van der Waals surface area contributed by atoms with Crippen LogP contribution in [0, 0.1) is 0 Å². The van der Waals surface area contributed by atoms with Crippen LogP contribution in [0.3, 0.4) is 0 Å². The Kier molecular flexibility index (Phi) is 2.74. The zero-order valence-corrected chi connectivity index (χ0v) is 9.67. The summed E-state index contributed by atoms with van der Waals surface area (Å²) in [6, 6.07) is 5.85. The summed E-state index contributed by atoms with van der Waals surface area (Å²) < 4.78 is 6.21. The molecule has 1 aromatic heterocycles. The maximum atomic E-state index is 5.36. The van der Waals surface area contributed by atoms with Crippen LogP contribution in [-0.4, -0.2) is 23.7 Å². The van der Waals surface area contributed by atoms with E-state index in [9.17, 15) is 0 Å². The van der Waals surface area contributed by atoms with Crippen molar-refractivity contribution in [3.63, 3.8) is 0 Å². The third-order valence-corrected chi connectivity index (χ3v) is 2.81. The van der Waals surface area contributed by atoms with Gasteiger partial charge in [0.15, 0.2) is 0 Å². The molecule has 4 heteroatoms. The van der Waals surface area contributed by atoms with Gasteiger partial charge in [0, 0.05) is 6.61 Å². The van der Waals surface area contributed by atoms with Crippen LogP contribution in [0.5, 0.6) is 0 Å². The van der Waals surface area contributed by atoms with Crippen LogP contribution >= 0.6 is 15.9 Å². The van der Waals surface area contributed by atoms with Gasteiger partial charge in [0.05, 0.1) is 12.1 Å². The molecule has 1 aromatic rings. The maximum absolute atomic E-state index is 5.36. The Hall–Kier alpha value is -0.610. The van der Waals surface area contributed by atoms with Gasteiger partial charge in [-0.05, 0) is 41.4 Å². The molecule has 14 heavy (non-hydrogen) atoms. The highest BCUT2D eigenvalue weighted by Crippen LogP contribution is 2.23. The lowest BCUT2D eigenvalue weighted by atomic mass is 10.0. The van der Waals surface area contributed by atoms with Gasteiger partial charge in [0.2, 0.25) is 0 Å². The highest BCUT2D eigenvalue weighted by atomic mass is 79.9. The summed E-state index contributed by atoms with van der Waals surface area (Å²) in [6.45, 7) is 3.74. The summed E-state index contributed by atoms with van der Waals surface area (Å²) in [5.74, 6) is 0.896. The maximum Gasteiger partial charge on any atom is 0.127 e. The SMILES string of the molecule is CC1(Nc2cccc(Br)n2)CCOC1. The molecular weight excluding hydrogens is 244 g/mol. The molecule has 1 saturated heterocycles. The first kappa shape index (κ1) is 9.93. The van der Waals surface area contributed by atoms with E-state index in [1.807, 2.05) is 18.2 Å². The first-order valence-electron chi connectivity index (χ1n) is 4.66. The zero-order valence-electron chi connectivity index (χ0n) is 8.09. The Bertz CT molecular complexity index is 324. The second-order valence-corrected chi connectivity index (χ2v) is 4.65. The number of nitrogens with one attached hydrogen (secondary N) is 1. The molecule has 1 fully saturated rings. The minimum Gasteiger partial charge on any atom is -0.379 e. The van der Waals surface area contributed by atoms with Crippen molar-refractivity contribution in [2.75, 3.05) is 18.5 Å². The molecule has 1 unspecified atom stereocenters. The second-order valence-electron chi connectivity index (χ2n) is 3.83. The summed E-state index contributed by atoms with van der Waals surface area (Å²) in [7, 11) is 0. The largest absolute Gasteiger partial charge is 0.379 e. The molecule has 0 saturated carbocycles. The third kappa shape index (κ3) is 2.25.